The largest absolute Gasteiger partial charge is 0.503 e. The molecule has 1 heterocycles. The van der Waals surface area contributed by atoms with Crippen LogP contribution in [0.15, 0.2) is 12.4 Å². The molecule has 0 spiro atoms. The lowest BCUT2D eigenvalue weighted by molar-refractivity contribution is 0.407. The van der Waals surface area contributed by atoms with Crippen LogP contribution in [-0.2, 0) is 0 Å². The van der Waals surface area contributed by atoms with E-state index in [1.807, 2.05) is 0 Å². The first-order valence-electron chi connectivity index (χ1n) is 1.85. The Kier molecular flexibility index (Phi) is 0.685. The van der Waals surface area contributed by atoms with Gasteiger partial charge in [0.25, 0.3) is 0 Å². The van der Waals surface area contributed by atoms with Gasteiger partial charge in [0.15, 0.2) is 11.5 Å². The second-order valence-electron chi connectivity index (χ2n) is 1.23. The number of aromatic hydroxyl groups is 2. The summed E-state index contributed by atoms with van der Waals surface area (Å²) in [5, 5.41) is 17.0. The highest BCUT2D eigenvalue weighted by Crippen LogP contribution is 2.20. The molecule has 3 nitrogen and oxygen atoms in total. The zero-order valence-corrected chi connectivity index (χ0v) is 3.55. The van der Waals surface area contributed by atoms with Crippen molar-refractivity contribution in [3.63, 3.8) is 0 Å². The van der Waals surface area contributed by atoms with E-state index in [0.717, 1.165) is 0 Å². The van der Waals surface area contributed by atoms with Crippen LogP contribution in [0.5, 0.6) is 11.5 Å². The van der Waals surface area contributed by atoms with Crippen molar-refractivity contribution in [1.82, 2.24) is 4.98 Å². The minimum atomic E-state index is -0.111. The first kappa shape index (κ1) is 4.05. The third-order valence-corrected chi connectivity index (χ3v) is 0.703. The molecule has 0 bridgehead atoms. The van der Waals surface area contributed by atoms with Gasteiger partial charge in [-0.1, -0.05) is 0 Å². The monoisotopic (exact) mass is 99.0 g/mol. The van der Waals surface area contributed by atoms with E-state index in [9.17, 15) is 0 Å². The van der Waals surface area contributed by atoms with E-state index < -0.39 is 0 Å². The average molecular weight is 99.1 g/mol. The van der Waals surface area contributed by atoms with E-state index >= 15 is 0 Å². The normalized spacial score (nSPS) is 9.14. The SMILES string of the molecule is Oc1c[nH]cc1O. The summed E-state index contributed by atoms with van der Waals surface area (Å²) in [6.07, 6.45) is 2.60. The van der Waals surface area contributed by atoms with E-state index in [1.54, 1.807) is 0 Å². The zero-order valence-electron chi connectivity index (χ0n) is 3.55. The Morgan fingerprint density at radius 2 is 1.57 bits per heavy atom. The highest BCUT2D eigenvalue weighted by molar-refractivity contribution is 5.33. The summed E-state index contributed by atoms with van der Waals surface area (Å²) < 4.78 is 0. The predicted octanol–water partition coefficient (Wildman–Crippen LogP) is 0.426. The summed E-state index contributed by atoms with van der Waals surface area (Å²) in [7, 11) is 0. The molecular weight excluding hydrogens is 94.0 g/mol. The van der Waals surface area contributed by atoms with Gasteiger partial charge in [-0.15, -0.1) is 0 Å². The van der Waals surface area contributed by atoms with Crippen LogP contribution in [0.2, 0.25) is 0 Å². The van der Waals surface area contributed by atoms with E-state index in [1.165, 1.54) is 12.4 Å². The quantitative estimate of drug-likeness (QED) is 0.441. The second kappa shape index (κ2) is 1.18. The van der Waals surface area contributed by atoms with Gasteiger partial charge in [-0.25, -0.2) is 0 Å². The molecule has 0 fully saturated rings. The fourth-order valence-electron chi connectivity index (χ4n) is 0.347. The molecule has 1 rings (SSSR count). The number of H-pyrrole nitrogens is 1. The van der Waals surface area contributed by atoms with Crippen LogP contribution in [0.1, 0.15) is 0 Å². The summed E-state index contributed by atoms with van der Waals surface area (Å²) in [6, 6.07) is 0. The molecule has 0 saturated carbocycles. The Morgan fingerprint density at radius 3 is 1.71 bits per heavy atom. The van der Waals surface area contributed by atoms with Gasteiger partial charge >= 0.3 is 0 Å². The highest BCUT2D eigenvalue weighted by Gasteiger charge is 1.92. The minimum absolute atomic E-state index is 0.111. The Labute approximate surface area is 40.2 Å². The van der Waals surface area contributed by atoms with Gasteiger partial charge in [-0.2, -0.15) is 0 Å². The van der Waals surface area contributed by atoms with Gasteiger partial charge in [0.05, 0.1) is 0 Å². The first-order valence-corrected chi connectivity index (χ1v) is 1.85. The number of hydrogen-bond acceptors (Lipinski definition) is 2. The Bertz CT molecular complexity index is 142. The molecule has 1 aromatic rings. The molecule has 0 aliphatic rings. The molecule has 0 aromatic carbocycles. The van der Waals surface area contributed by atoms with Gasteiger partial charge in [-0.3, -0.25) is 0 Å². The van der Waals surface area contributed by atoms with Gasteiger partial charge in [0, 0.05) is 12.4 Å². The van der Waals surface area contributed by atoms with Crippen molar-refractivity contribution >= 4 is 0 Å². The van der Waals surface area contributed by atoms with Crippen LogP contribution in [0.3, 0.4) is 0 Å². The number of hydrogen-bond donors (Lipinski definition) is 3. The van der Waals surface area contributed by atoms with Gasteiger partial charge in [0.1, 0.15) is 0 Å². The van der Waals surface area contributed by atoms with Gasteiger partial charge in [-0.05, 0) is 0 Å². The Hall–Kier alpha value is -1.12. The Balaban J connectivity index is 3.12. The minimum Gasteiger partial charge on any atom is -0.503 e. The molecule has 0 saturated heterocycles. The van der Waals surface area contributed by atoms with Crippen molar-refractivity contribution in [2.24, 2.45) is 0 Å². The molecule has 0 atom stereocenters. The third-order valence-electron chi connectivity index (χ3n) is 0.703. The predicted molar refractivity (Wildman–Crippen MR) is 24.1 cm³/mol. The fourth-order valence-corrected chi connectivity index (χ4v) is 0.347. The molecular formula is C4H5NO2. The van der Waals surface area contributed by atoms with Crippen LogP contribution < -0.4 is 0 Å². The summed E-state index contributed by atoms with van der Waals surface area (Å²) >= 11 is 0. The average Bonchev–Trinajstić information content (AvgIpc) is 1.91. The van der Waals surface area contributed by atoms with Gasteiger partial charge < -0.3 is 15.2 Å². The Morgan fingerprint density at radius 1 is 1.14 bits per heavy atom. The molecule has 0 amide bonds. The smallest absolute Gasteiger partial charge is 0.175 e. The molecule has 0 unspecified atom stereocenters. The zero-order chi connectivity index (χ0) is 5.28. The van der Waals surface area contributed by atoms with Crippen LogP contribution >= 0.6 is 0 Å². The molecule has 7 heavy (non-hydrogen) atoms. The van der Waals surface area contributed by atoms with Crippen LogP contribution in [0.25, 0.3) is 0 Å². The molecule has 1 aromatic heterocycles. The summed E-state index contributed by atoms with van der Waals surface area (Å²) in [5.41, 5.74) is 0. The lowest BCUT2D eigenvalue weighted by Gasteiger charge is -1.78. The van der Waals surface area contributed by atoms with Crippen molar-refractivity contribution < 1.29 is 10.2 Å². The van der Waals surface area contributed by atoms with E-state index in [2.05, 4.69) is 4.98 Å². The van der Waals surface area contributed by atoms with Gasteiger partial charge in [0.2, 0.25) is 0 Å². The van der Waals surface area contributed by atoms with Crippen molar-refractivity contribution in [3.8, 4) is 11.5 Å². The second-order valence-corrected chi connectivity index (χ2v) is 1.23. The molecule has 0 aliphatic heterocycles. The number of nitrogens with one attached hydrogen (secondary N) is 1. The lowest BCUT2D eigenvalue weighted by Crippen LogP contribution is -1.50. The summed E-state index contributed by atoms with van der Waals surface area (Å²) in [4.78, 5) is 2.50. The summed E-state index contributed by atoms with van der Waals surface area (Å²) in [6.45, 7) is 0. The van der Waals surface area contributed by atoms with Crippen molar-refractivity contribution in [1.29, 1.82) is 0 Å². The number of aromatic amines is 1. The maximum Gasteiger partial charge on any atom is 0.175 e. The number of aromatic nitrogens is 1. The van der Waals surface area contributed by atoms with Crippen molar-refractivity contribution in [2.45, 2.75) is 0 Å². The van der Waals surface area contributed by atoms with E-state index in [-0.39, 0.29) is 11.5 Å². The molecule has 0 radical (unpaired) electrons. The standard InChI is InChI=1S/C4H5NO2/c6-3-1-5-2-4(3)7/h1-2,5-7H. The molecule has 38 valence electrons. The van der Waals surface area contributed by atoms with E-state index in [0.29, 0.717) is 0 Å². The molecule has 3 heteroatoms. The lowest BCUT2D eigenvalue weighted by atomic mass is 10.6. The molecule has 0 aliphatic carbocycles. The third kappa shape index (κ3) is 0.513. The van der Waals surface area contributed by atoms with Crippen molar-refractivity contribution in [3.05, 3.63) is 12.4 Å². The van der Waals surface area contributed by atoms with Crippen LogP contribution in [-0.4, -0.2) is 15.2 Å². The van der Waals surface area contributed by atoms with Crippen LogP contribution in [0, 0.1) is 0 Å². The first-order chi connectivity index (χ1) is 3.30. The number of rotatable bonds is 0. The maximum atomic E-state index is 8.48. The topological polar surface area (TPSA) is 56.2 Å². The summed E-state index contributed by atoms with van der Waals surface area (Å²) in [5.74, 6) is -0.222. The highest BCUT2D eigenvalue weighted by atomic mass is 16.3. The molecule has 3 N–H and O–H groups in total. The van der Waals surface area contributed by atoms with Crippen LogP contribution in [0.4, 0.5) is 0 Å². The fraction of sp³-hybridized carbons (Fsp3) is 0. The van der Waals surface area contributed by atoms with Crippen molar-refractivity contribution in [2.75, 3.05) is 0 Å². The maximum absolute atomic E-state index is 8.48. The van der Waals surface area contributed by atoms with E-state index in [4.69, 9.17) is 10.2 Å².